The van der Waals surface area contributed by atoms with Crippen molar-refractivity contribution < 1.29 is 9.47 Å². The van der Waals surface area contributed by atoms with Gasteiger partial charge in [-0.1, -0.05) is 30.0 Å². The van der Waals surface area contributed by atoms with Crippen molar-refractivity contribution in [2.45, 2.75) is 32.9 Å². The van der Waals surface area contributed by atoms with Crippen LogP contribution in [0.2, 0.25) is 0 Å². The van der Waals surface area contributed by atoms with E-state index in [1.54, 1.807) is 26.0 Å². The maximum absolute atomic E-state index is 5.52. The SMILES string of the molecule is COc1ccc(CN2CN(C(C)(C)C)CSC2=S)cc1OC. The third-order valence-corrected chi connectivity index (χ3v) is 5.27. The molecular weight excluding hydrogens is 316 g/mol. The van der Waals surface area contributed by atoms with Crippen LogP contribution in [-0.4, -0.2) is 46.4 Å². The Bertz CT molecular complexity index is 543. The molecule has 1 aliphatic heterocycles. The molecule has 0 radical (unpaired) electrons. The average Bonchev–Trinajstić information content (AvgIpc) is 2.48. The van der Waals surface area contributed by atoms with Gasteiger partial charge >= 0.3 is 0 Å². The van der Waals surface area contributed by atoms with Gasteiger partial charge in [-0.2, -0.15) is 0 Å². The van der Waals surface area contributed by atoms with E-state index in [4.69, 9.17) is 21.7 Å². The molecule has 0 aromatic heterocycles. The monoisotopic (exact) mass is 340 g/mol. The van der Waals surface area contributed by atoms with Gasteiger partial charge < -0.3 is 14.4 Å². The largest absolute Gasteiger partial charge is 0.493 e. The Morgan fingerprint density at radius 2 is 1.86 bits per heavy atom. The van der Waals surface area contributed by atoms with Crippen molar-refractivity contribution in [3.8, 4) is 11.5 Å². The predicted octanol–water partition coefficient (Wildman–Crippen LogP) is 3.55. The van der Waals surface area contributed by atoms with Crippen LogP contribution in [0.3, 0.4) is 0 Å². The summed E-state index contributed by atoms with van der Waals surface area (Å²) in [5, 5.41) is 0. The summed E-state index contributed by atoms with van der Waals surface area (Å²) in [6.45, 7) is 8.33. The van der Waals surface area contributed by atoms with Gasteiger partial charge in [0.25, 0.3) is 0 Å². The van der Waals surface area contributed by atoms with Crippen molar-refractivity contribution in [3.05, 3.63) is 23.8 Å². The number of benzene rings is 1. The fraction of sp³-hybridized carbons (Fsp3) is 0.562. The van der Waals surface area contributed by atoms with Gasteiger partial charge in [0.1, 0.15) is 4.32 Å². The molecule has 1 fully saturated rings. The fourth-order valence-corrected chi connectivity index (χ4v) is 3.57. The fourth-order valence-electron chi connectivity index (χ4n) is 2.25. The van der Waals surface area contributed by atoms with Crippen molar-refractivity contribution in [1.29, 1.82) is 0 Å². The smallest absolute Gasteiger partial charge is 0.161 e. The highest BCUT2D eigenvalue weighted by Gasteiger charge is 2.29. The Hall–Kier alpha value is -0.980. The summed E-state index contributed by atoms with van der Waals surface area (Å²) in [4.78, 5) is 4.66. The van der Waals surface area contributed by atoms with Crippen molar-refractivity contribution in [2.75, 3.05) is 26.8 Å². The molecule has 4 nitrogen and oxygen atoms in total. The van der Waals surface area contributed by atoms with Gasteiger partial charge in [-0.3, -0.25) is 4.90 Å². The standard InChI is InChI=1S/C16H24N2O2S2/c1-16(2,3)18-10-17(15(21)22-11-18)9-12-6-7-13(19-4)14(8-12)20-5/h6-8H,9-11H2,1-5H3. The Morgan fingerprint density at radius 1 is 1.18 bits per heavy atom. The topological polar surface area (TPSA) is 24.9 Å². The average molecular weight is 341 g/mol. The normalized spacial score (nSPS) is 16.8. The van der Waals surface area contributed by atoms with E-state index in [0.29, 0.717) is 0 Å². The van der Waals surface area contributed by atoms with E-state index in [2.05, 4.69) is 36.6 Å². The Kier molecular flexibility index (Phi) is 5.58. The van der Waals surface area contributed by atoms with Gasteiger partial charge in [-0.25, -0.2) is 0 Å². The number of nitrogens with zero attached hydrogens (tertiary/aromatic N) is 2. The summed E-state index contributed by atoms with van der Waals surface area (Å²) in [6, 6.07) is 6.02. The van der Waals surface area contributed by atoms with Crippen LogP contribution in [0.4, 0.5) is 0 Å². The first-order valence-corrected chi connectivity index (χ1v) is 8.62. The molecule has 1 aliphatic rings. The molecule has 0 spiro atoms. The highest BCUT2D eigenvalue weighted by Crippen LogP contribution is 2.30. The Morgan fingerprint density at radius 3 is 2.45 bits per heavy atom. The van der Waals surface area contributed by atoms with E-state index in [0.717, 1.165) is 40.5 Å². The van der Waals surface area contributed by atoms with Crippen LogP contribution in [0.15, 0.2) is 18.2 Å². The minimum atomic E-state index is 0.138. The lowest BCUT2D eigenvalue weighted by atomic mass is 10.1. The van der Waals surface area contributed by atoms with Crippen LogP contribution < -0.4 is 9.47 Å². The van der Waals surface area contributed by atoms with Gasteiger partial charge in [-0.15, -0.1) is 0 Å². The van der Waals surface area contributed by atoms with E-state index in [1.807, 2.05) is 12.1 Å². The van der Waals surface area contributed by atoms with Crippen LogP contribution in [0.1, 0.15) is 26.3 Å². The van der Waals surface area contributed by atoms with Crippen molar-refractivity contribution >= 4 is 28.3 Å². The summed E-state index contributed by atoms with van der Waals surface area (Å²) in [5.74, 6) is 2.45. The van der Waals surface area contributed by atoms with E-state index in [9.17, 15) is 0 Å². The summed E-state index contributed by atoms with van der Waals surface area (Å²) < 4.78 is 11.6. The number of thioether (sulfide) groups is 1. The molecule has 1 aromatic rings. The first kappa shape index (κ1) is 17.4. The zero-order valence-electron chi connectivity index (χ0n) is 13.9. The minimum absolute atomic E-state index is 0.138. The zero-order valence-corrected chi connectivity index (χ0v) is 15.5. The Labute approximate surface area is 142 Å². The number of methoxy groups -OCH3 is 2. The van der Waals surface area contributed by atoms with Crippen LogP contribution >= 0.6 is 24.0 Å². The lowest BCUT2D eigenvalue weighted by molar-refractivity contribution is 0.106. The molecular formula is C16H24N2O2S2. The minimum Gasteiger partial charge on any atom is -0.493 e. The highest BCUT2D eigenvalue weighted by molar-refractivity contribution is 8.22. The third kappa shape index (κ3) is 4.06. The van der Waals surface area contributed by atoms with E-state index in [-0.39, 0.29) is 5.54 Å². The lowest BCUT2D eigenvalue weighted by Crippen LogP contribution is -2.52. The summed E-state index contributed by atoms with van der Waals surface area (Å²) in [7, 11) is 3.31. The number of hydrogen-bond acceptors (Lipinski definition) is 5. The van der Waals surface area contributed by atoms with E-state index < -0.39 is 0 Å². The lowest BCUT2D eigenvalue weighted by Gasteiger charge is -2.43. The molecule has 22 heavy (non-hydrogen) atoms. The molecule has 2 rings (SSSR count). The summed E-state index contributed by atoms with van der Waals surface area (Å²) >= 11 is 7.24. The molecule has 0 atom stereocenters. The molecule has 0 N–H and O–H groups in total. The van der Waals surface area contributed by atoms with Crippen molar-refractivity contribution in [3.63, 3.8) is 0 Å². The molecule has 1 heterocycles. The second kappa shape index (κ2) is 7.06. The van der Waals surface area contributed by atoms with Crippen molar-refractivity contribution in [1.82, 2.24) is 9.80 Å². The quantitative estimate of drug-likeness (QED) is 0.777. The molecule has 122 valence electrons. The number of ether oxygens (including phenoxy) is 2. The van der Waals surface area contributed by atoms with Gasteiger partial charge in [0, 0.05) is 12.1 Å². The molecule has 6 heteroatoms. The number of hydrogen-bond donors (Lipinski definition) is 0. The molecule has 1 aromatic carbocycles. The summed E-state index contributed by atoms with van der Waals surface area (Å²) in [6.07, 6.45) is 0. The maximum Gasteiger partial charge on any atom is 0.161 e. The molecule has 0 amide bonds. The Balaban J connectivity index is 2.13. The maximum atomic E-state index is 5.52. The second-order valence-electron chi connectivity index (χ2n) is 6.28. The van der Waals surface area contributed by atoms with Crippen molar-refractivity contribution in [2.24, 2.45) is 0 Å². The third-order valence-electron chi connectivity index (χ3n) is 3.71. The van der Waals surface area contributed by atoms with Gasteiger partial charge in [-0.05, 0) is 38.5 Å². The first-order chi connectivity index (χ1) is 10.3. The van der Waals surface area contributed by atoms with Crippen LogP contribution in [-0.2, 0) is 6.54 Å². The number of thiocarbonyl (C=S) groups is 1. The first-order valence-electron chi connectivity index (χ1n) is 7.23. The molecule has 0 aliphatic carbocycles. The molecule has 0 saturated carbocycles. The van der Waals surface area contributed by atoms with Gasteiger partial charge in [0.05, 0.1) is 26.8 Å². The molecule has 0 bridgehead atoms. The molecule has 1 saturated heterocycles. The zero-order chi connectivity index (χ0) is 16.3. The summed E-state index contributed by atoms with van der Waals surface area (Å²) in [5.41, 5.74) is 1.30. The number of rotatable bonds is 4. The van der Waals surface area contributed by atoms with E-state index >= 15 is 0 Å². The van der Waals surface area contributed by atoms with Crippen LogP contribution in [0.25, 0.3) is 0 Å². The van der Waals surface area contributed by atoms with Crippen LogP contribution in [0, 0.1) is 0 Å². The predicted molar refractivity (Wildman–Crippen MR) is 96.6 cm³/mol. The second-order valence-corrected chi connectivity index (χ2v) is 7.86. The van der Waals surface area contributed by atoms with Gasteiger partial charge in [0.2, 0.25) is 0 Å². The highest BCUT2D eigenvalue weighted by atomic mass is 32.2. The van der Waals surface area contributed by atoms with Gasteiger partial charge in [0.15, 0.2) is 11.5 Å². The van der Waals surface area contributed by atoms with Crippen LogP contribution in [0.5, 0.6) is 11.5 Å². The van der Waals surface area contributed by atoms with E-state index in [1.165, 1.54) is 0 Å². The molecule has 0 unspecified atom stereocenters.